The Bertz CT molecular complexity index is 527. The lowest BCUT2D eigenvalue weighted by atomic mass is 10.2. The van der Waals surface area contributed by atoms with Gasteiger partial charge in [-0.05, 0) is 24.3 Å². The average molecular weight is 190 g/mol. The van der Waals surface area contributed by atoms with Gasteiger partial charge in [-0.1, -0.05) is 0 Å². The molecule has 0 aliphatic carbocycles. The Balaban J connectivity index is 2.61. The van der Waals surface area contributed by atoms with Crippen LogP contribution in [-0.2, 0) is 4.79 Å². The van der Waals surface area contributed by atoms with Crippen molar-refractivity contribution >= 4 is 17.4 Å². The van der Waals surface area contributed by atoms with Gasteiger partial charge in [0.25, 0.3) is 6.47 Å². The smallest absolute Gasteiger partial charge is 0.336 e. The van der Waals surface area contributed by atoms with Gasteiger partial charge in [-0.15, -0.1) is 0 Å². The Morgan fingerprint density at radius 2 is 2.07 bits per heavy atom. The maximum absolute atomic E-state index is 10.8. The number of ether oxygens (including phenoxy) is 1. The molecule has 2 rings (SSSR count). The maximum atomic E-state index is 10.8. The molecule has 0 saturated heterocycles. The van der Waals surface area contributed by atoms with E-state index in [1.807, 2.05) is 0 Å². The number of carbonyl (C=O) groups excluding carboxylic acids is 1. The van der Waals surface area contributed by atoms with Crippen LogP contribution in [0, 0.1) is 0 Å². The molecule has 0 fully saturated rings. The first kappa shape index (κ1) is 8.50. The van der Waals surface area contributed by atoms with Crippen molar-refractivity contribution in [3.8, 4) is 5.75 Å². The predicted octanol–water partition coefficient (Wildman–Crippen LogP) is 1.33. The molecule has 1 aromatic heterocycles. The Labute approximate surface area is 78.7 Å². The molecule has 14 heavy (non-hydrogen) atoms. The van der Waals surface area contributed by atoms with E-state index >= 15 is 0 Å². The Morgan fingerprint density at radius 1 is 1.21 bits per heavy atom. The molecule has 1 heterocycles. The van der Waals surface area contributed by atoms with Crippen molar-refractivity contribution in [2.24, 2.45) is 0 Å². The molecule has 0 amide bonds. The van der Waals surface area contributed by atoms with Crippen LogP contribution in [-0.4, -0.2) is 6.47 Å². The SMILES string of the molecule is O=COc1ccc2oc(=O)ccc2c1. The van der Waals surface area contributed by atoms with Gasteiger partial charge >= 0.3 is 5.63 Å². The molecular formula is C10H6O4. The van der Waals surface area contributed by atoms with Crippen molar-refractivity contribution in [2.45, 2.75) is 0 Å². The summed E-state index contributed by atoms with van der Waals surface area (Å²) in [5.74, 6) is 0.418. The maximum Gasteiger partial charge on any atom is 0.336 e. The lowest BCUT2D eigenvalue weighted by Gasteiger charge is -1.98. The Kier molecular flexibility index (Phi) is 2.02. The van der Waals surface area contributed by atoms with E-state index in [0.29, 0.717) is 23.2 Å². The highest BCUT2D eigenvalue weighted by Crippen LogP contribution is 2.18. The van der Waals surface area contributed by atoms with E-state index in [1.54, 1.807) is 24.3 Å². The van der Waals surface area contributed by atoms with Crippen LogP contribution in [0.4, 0.5) is 0 Å². The molecule has 0 spiro atoms. The zero-order valence-corrected chi connectivity index (χ0v) is 7.10. The van der Waals surface area contributed by atoms with Crippen LogP contribution < -0.4 is 10.4 Å². The molecule has 1 aromatic carbocycles. The number of hydrogen-bond donors (Lipinski definition) is 0. The van der Waals surface area contributed by atoms with Gasteiger partial charge in [-0.3, -0.25) is 4.79 Å². The first-order valence-corrected chi connectivity index (χ1v) is 3.94. The third-order valence-electron chi connectivity index (χ3n) is 1.77. The van der Waals surface area contributed by atoms with Gasteiger partial charge < -0.3 is 9.15 Å². The van der Waals surface area contributed by atoms with Crippen molar-refractivity contribution in [3.05, 3.63) is 40.8 Å². The van der Waals surface area contributed by atoms with Crippen molar-refractivity contribution < 1.29 is 13.9 Å². The predicted molar refractivity (Wildman–Crippen MR) is 49.2 cm³/mol. The number of fused-ring (bicyclic) bond motifs is 1. The van der Waals surface area contributed by atoms with E-state index in [4.69, 9.17) is 4.42 Å². The lowest BCUT2D eigenvalue weighted by molar-refractivity contribution is -0.120. The average Bonchev–Trinajstić information content (AvgIpc) is 2.19. The topological polar surface area (TPSA) is 56.5 Å². The van der Waals surface area contributed by atoms with Crippen LogP contribution in [0.15, 0.2) is 39.5 Å². The zero-order valence-electron chi connectivity index (χ0n) is 7.10. The molecule has 0 aliphatic heterocycles. The van der Waals surface area contributed by atoms with Gasteiger partial charge in [-0.25, -0.2) is 4.79 Å². The van der Waals surface area contributed by atoms with Gasteiger partial charge in [0.05, 0.1) is 0 Å². The molecule has 0 aliphatic rings. The Morgan fingerprint density at radius 3 is 2.86 bits per heavy atom. The van der Waals surface area contributed by atoms with E-state index < -0.39 is 5.63 Å². The van der Waals surface area contributed by atoms with Gasteiger partial charge in [0, 0.05) is 11.5 Å². The number of carbonyl (C=O) groups is 1. The summed E-state index contributed by atoms with van der Waals surface area (Å²) >= 11 is 0. The molecular weight excluding hydrogens is 184 g/mol. The minimum absolute atomic E-state index is 0.347. The molecule has 4 nitrogen and oxygen atoms in total. The molecule has 0 atom stereocenters. The molecule has 0 saturated carbocycles. The molecule has 0 bridgehead atoms. The quantitative estimate of drug-likeness (QED) is 0.529. The second kappa shape index (κ2) is 3.33. The van der Waals surface area contributed by atoms with Crippen molar-refractivity contribution in [2.75, 3.05) is 0 Å². The van der Waals surface area contributed by atoms with E-state index in [0.717, 1.165) is 0 Å². The fourth-order valence-corrected chi connectivity index (χ4v) is 1.18. The lowest BCUT2D eigenvalue weighted by Crippen LogP contribution is -1.94. The highest BCUT2D eigenvalue weighted by molar-refractivity contribution is 5.78. The van der Waals surface area contributed by atoms with E-state index in [1.165, 1.54) is 6.07 Å². The summed E-state index contributed by atoms with van der Waals surface area (Å²) < 4.78 is 9.54. The normalized spacial score (nSPS) is 10.0. The van der Waals surface area contributed by atoms with Crippen LogP contribution in [0.25, 0.3) is 11.0 Å². The molecule has 4 heteroatoms. The summed E-state index contributed by atoms with van der Waals surface area (Å²) in [7, 11) is 0. The first-order chi connectivity index (χ1) is 6.79. The van der Waals surface area contributed by atoms with Crippen molar-refractivity contribution in [1.82, 2.24) is 0 Å². The first-order valence-electron chi connectivity index (χ1n) is 3.94. The van der Waals surface area contributed by atoms with Crippen LogP contribution in [0.2, 0.25) is 0 Å². The van der Waals surface area contributed by atoms with Crippen molar-refractivity contribution in [1.29, 1.82) is 0 Å². The molecule has 0 radical (unpaired) electrons. The second-order valence-corrected chi connectivity index (χ2v) is 2.67. The summed E-state index contributed by atoms with van der Waals surface area (Å²) in [6, 6.07) is 7.67. The van der Waals surface area contributed by atoms with E-state index in [2.05, 4.69) is 4.74 Å². The third-order valence-corrected chi connectivity index (χ3v) is 1.77. The molecule has 0 N–H and O–H groups in total. The second-order valence-electron chi connectivity index (χ2n) is 2.67. The van der Waals surface area contributed by atoms with Crippen LogP contribution in [0.3, 0.4) is 0 Å². The van der Waals surface area contributed by atoms with Crippen LogP contribution >= 0.6 is 0 Å². The van der Waals surface area contributed by atoms with Crippen molar-refractivity contribution in [3.63, 3.8) is 0 Å². The van der Waals surface area contributed by atoms with E-state index in [-0.39, 0.29) is 0 Å². The zero-order chi connectivity index (χ0) is 9.97. The molecule has 70 valence electrons. The number of rotatable bonds is 2. The monoisotopic (exact) mass is 190 g/mol. The van der Waals surface area contributed by atoms with Gasteiger partial charge in [0.15, 0.2) is 0 Å². The minimum atomic E-state index is -0.401. The fraction of sp³-hybridized carbons (Fsp3) is 0. The van der Waals surface area contributed by atoms with Gasteiger partial charge in [0.2, 0.25) is 0 Å². The number of hydrogen-bond acceptors (Lipinski definition) is 4. The van der Waals surface area contributed by atoms with Crippen LogP contribution in [0.5, 0.6) is 5.75 Å². The summed E-state index contributed by atoms with van der Waals surface area (Å²) in [4.78, 5) is 20.9. The minimum Gasteiger partial charge on any atom is -0.429 e. The summed E-state index contributed by atoms with van der Waals surface area (Å²) in [5.41, 5.74) is 0.0669. The number of benzene rings is 1. The van der Waals surface area contributed by atoms with Crippen LogP contribution in [0.1, 0.15) is 0 Å². The standard InChI is InChI=1S/C10H6O4/c11-6-13-8-2-3-9-7(5-8)1-4-10(12)14-9/h1-6H. The molecule has 0 unspecified atom stereocenters. The summed E-state index contributed by atoms with van der Waals surface area (Å²) in [6.45, 7) is 0.347. The summed E-state index contributed by atoms with van der Waals surface area (Å²) in [5, 5.41) is 0.712. The largest absolute Gasteiger partial charge is 0.429 e. The highest BCUT2D eigenvalue weighted by Gasteiger charge is 1.99. The third kappa shape index (κ3) is 1.50. The Hall–Kier alpha value is -2.10. The van der Waals surface area contributed by atoms with Gasteiger partial charge in [0.1, 0.15) is 11.3 Å². The summed E-state index contributed by atoms with van der Waals surface area (Å²) in [6.07, 6.45) is 0. The molecule has 2 aromatic rings. The van der Waals surface area contributed by atoms with Gasteiger partial charge in [-0.2, -0.15) is 0 Å². The fourth-order valence-electron chi connectivity index (χ4n) is 1.18. The van der Waals surface area contributed by atoms with E-state index in [9.17, 15) is 9.59 Å². The highest BCUT2D eigenvalue weighted by atomic mass is 16.5.